The number of hydrogen-bond acceptors (Lipinski definition) is 10. The molecule has 0 aromatic rings. The van der Waals surface area contributed by atoms with Crippen LogP contribution < -0.4 is 43.4 Å². The topological polar surface area (TPSA) is 311 Å². The van der Waals surface area contributed by atoms with Crippen molar-refractivity contribution < 1.29 is 44.1 Å². The van der Waals surface area contributed by atoms with E-state index >= 15 is 0 Å². The number of amides is 5. The molecule has 0 unspecified atom stereocenters. The van der Waals surface area contributed by atoms with Gasteiger partial charge in [0.25, 0.3) is 0 Å². The van der Waals surface area contributed by atoms with Crippen LogP contribution in [0.3, 0.4) is 0 Å². The van der Waals surface area contributed by atoms with E-state index in [2.05, 4.69) is 26.6 Å². The first-order valence-corrected chi connectivity index (χ1v) is 14.3. The highest BCUT2D eigenvalue weighted by Gasteiger charge is 2.32. The van der Waals surface area contributed by atoms with Crippen molar-refractivity contribution in [1.29, 1.82) is 5.41 Å². The van der Waals surface area contributed by atoms with Gasteiger partial charge in [-0.1, -0.05) is 34.1 Å². The monoisotopic (exact) mass is 631 g/mol. The third-order valence-electron chi connectivity index (χ3n) is 6.53. The summed E-state index contributed by atoms with van der Waals surface area (Å²) < 4.78 is 0. The lowest BCUT2D eigenvalue weighted by atomic mass is 9.96. The number of rotatable bonds is 21. The van der Waals surface area contributed by atoms with Gasteiger partial charge in [-0.25, -0.2) is 4.79 Å². The molecule has 0 radical (unpaired) electrons. The fourth-order valence-corrected chi connectivity index (χ4v) is 3.79. The highest BCUT2D eigenvalue weighted by Crippen LogP contribution is 2.11. The van der Waals surface area contributed by atoms with Crippen LogP contribution in [0, 0.1) is 17.2 Å². The molecule has 0 aliphatic carbocycles. The Morgan fingerprint density at radius 3 is 1.89 bits per heavy atom. The average Bonchev–Trinajstić information content (AvgIpc) is 2.96. The third-order valence-corrected chi connectivity index (χ3v) is 6.53. The van der Waals surface area contributed by atoms with E-state index in [0.717, 1.165) is 0 Å². The summed E-state index contributed by atoms with van der Waals surface area (Å²) in [5.74, 6) is -5.99. The van der Waals surface area contributed by atoms with Crippen LogP contribution in [0.1, 0.15) is 53.4 Å². The zero-order valence-electron chi connectivity index (χ0n) is 25.6. The Kier molecular flexibility index (Phi) is 18.9. The number of aliphatic hydroxyl groups excluding tert-OH is 2. The molecule has 0 aromatic heterocycles. The number of aliphatic carboxylic acids is 1. The molecule has 18 nitrogen and oxygen atoms in total. The molecule has 0 aromatic carbocycles. The molecular weight excluding hydrogens is 582 g/mol. The first-order valence-electron chi connectivity index (χ1n) is 14.3. The molecule has 18 heteroatoms. The van der Waals surface area contributed by atoms with Crippen molar-refractivity contribution in [3.05, 3.63) is 0 Å². The highest BCUT2D eigenvalue weighted by molar-refractivity contribution is 5.95. The maximum Gasteiger partial charge on any atom is 0.328 e. The second-order valence-electron chi connectivity index (χ2n) is 10.8. The maximum atomic E-state index is 13.3. The predicted octanol–water partition coefficient (Wildman–Crippen LogP) is -4.21. The van der Waals surface area contributed by atoms with Crippen molar-refractivity contribution in [3.8, 4) is 0 Å². The van der Waals surface area contributed by atoms with Gasteiger partial charge in [0, 0.05) is 6.54 Å². The molecule has 14 N–H and O–H groups in total. The van der Waals surface area contributed by atoms with E-state index in [0.29, 0.717) is 19.4 Å². The third kappa shape index (κ3) is 15.4. The number of nitrogens with one attached hydrogen (secondary N) is 7. The molecule has 44 heavy (non-hydrogen) atoms. The molecule has 0 fully saturated rings. The average molecular weight is 632 g/mol. The van der Waals surface area contributed by atoms with Gasteiger partial charge in [0.2, 0.25) is 29.5 Å². The summed E-state index contributed by atoms with van der Waals surface area (Å²) in [6, 6.07) is -6.25. The minimum absolute atomic E-state index is 0.0651. The number of nitrogens with two attached hydrogens (primary N) is 2. The van der Waals surface area contributed by atoms with Gasteiger partial charge in [-0.05, 0) is 31.1 Å². The smallest absolute Gasteiger partial charge is 0.328 e. The zero-order chi connectivity index (χ0) is 34.0. The van der Waals surface area contributed by atoms with E-state index in [-0.39, 0.29) is 30.6 Å². The molecule has 0 saturated carbocycles. The van der Waals surface area contributed by atoms with E-state index in [1.807, 2.05) is 26.1 Å². The fourth-order valence-electron chi connectivity index (χ4n) is 3.79. The van der Waals surface area contributed by atoms with Crippen LogP contribution in [0.5, 0.6) is 0 Å². The number of carbonyl (C=O) groups is 6. The van der Waals surface area contributed by atoms with E-state index in [4.69, 9.17) is 27.1 Å². The number of aliphatic hydroxyl groups is 2. The maximum absolute atomic E-state index is 13.3. The van der Waals surface area contributed by atoms with Crippen molar-refractivity contribution in [2.75, 3.05) is 26.3 Å². The summed E-state index contributed by atoms with van der Waals surface area (Å²) in [4.78, 5) is 74.6. The molecule has 0 heterocycles. The minimum Gasteiger partial charge on any atom is -0.480 e. The summed E-state index contributed by atoms with van der Waals surface area (Å²) in [6.45, 7) is 5.10. The van der Waals surface area contributed by atoms with Crippen molar-refractivity contribution in [3.63, 3.8) is 0 Å². The Balaban J connectivity index is 5.34. The molecule has 0 rings (SSSR count). The molecule has 5 amide bonds. The summed E-state index contributed by atoms with van der Waals surface area (Å²) in [7, 11) is 0. The second kappa shape index (κ2) is 20.8. The van der Waals surface area contributed by atoms with Crippen LogP contribution in [0.2, 0.25) is 0 Å². The van der Waals surface area contributed by atoms with E-state index in [1.165, 1.54) is 0 Å². The Labute approximate surface area is 256 Å². The van der Waals surface area contributed by atoms with Gasteiger partial charge in [-0.3, -0.25) is 29.4 Å². The zero-order valence-corrected chi connectivity index (χ0v) is 25.6. The van der Waals surface area contributed by atoms with Crippen LogP contribution in [0.15, 0.2) is 0 Å². The van der Waals surface area contributed by atoms with Gasteiger partial charge in [0.05, 0.1) is 25.8 Å². The van der Waals surface area contributed by atoms with E-state index in [9.17, 15) is 33.9 Å². The van der Waals surface area contributed by atoms with Crippen LogP contribution in [0.25, 0.3) is 0 Å². The quantitative estimate of drug-likeness (QED) is 0.0326. The molecule has 0 bridgehead atoms. The summed E-state index contributed by atoms with van der Waals surface area (Å²) in [6.07, 6.45) is 1.42. The summed E-state index contributed by atoms with van der Waals surface area (Å²) in [5, 5.41) is 49.0. The number of hydrogen-bond donors (Lipinski definition) is 12. The fraction of sp³-hybridized carbons (Fsp3) is 0.731. The van der Waals surface area contributed by atoms with E-state index in [1.54, 1.807) is 6.92 Å². The first kappa shape index (κ1) is 40.0. The van der Waals surface area contributed by atoms with Crippen LogP contribution in [-0.4, -0.2) is 113 Å². The summed E-state index contributed by atoms with van der Waals surface area (Å²) >= 11 is 0. The Hall–Kier alpha value is -4.03. The lowest BCUT2D eigenvalue weighted by Gasteiger charge is -2.28. The van der Waals surface area contributed by atoms with Gasteiger partial charge in [0.1, 0.15) is 24.2 Å². The Morgan fingerprint density at radius 1 is 0.795 bits per heavy atom. The van der Waals surface area contributed by atoms with Crippen molar-refractivity contribution >= 4 is 41.5 Å². The molecule has 252 valence electrons. The SMILES string of the molecule is CC[C@H](C)[C@H](NC(=O)[C@@H](N)CCCNC(=N)N)C(=O)N[C@@H](CC(C)C)C(=O)NCC(=O)N[C@@H](CO)C(=O)N[C@@H](CO)C(=O)O. The van der Waals surface area contributed by atoms with Crippen molar-refractivity contribution in [2.24, 2.45) is 23.3 Å². The van der Waals surface area contributed by atoms with E-state index < -0.39 is 85.5 Å². The molecule has 0 saturated heterocycles. The van der Waals surface area contributed by atoms with Crippen molar-refractivity contribution in [2.45, 2.75) is 83.6 Å². The Morgan fingerprint density at radius 2 is 1.39 bits per heavy atom. The first-order chi connectivity index (χ1) is 20.6. The molecule has 6 atom stereocenters. The van der Waals surface area contributed by atoms with Gasteiger partial charge in [-0.15, -0.1) is 0 Å². The lowest BCUT2D eigenvalue weighted by Crippen LogP contribution is -2.58. The van der Waals surface area contributed by atoms with Crippen LogP contribution in [-0.2, 0) is 28.8 Å². The number of carboxylic acids is 1. The van der Waals surface area contributed by atoms with Crippen LogP contribution in [0.4, 0.5) is 0 Å². The van der Waals surface area contributed by atoms with Gasteiger partial charge in [0.15, 0.2) is 5.96 Å². The molecule has 0 aliphatic heterocycles. The number of carbonyl (C=O) groups excluding carboxylic acids is 5. The van der Waals surface area contributed by atoms with Crippen LogP contribution >= 0.6 is 0 Å². The largest absolute Gasteiger partial charge is 0.480 e. The van der Waals surface area contributed by atoms with Gasteiger partial charge < -0.3 is 58.7 Å². The molecular formula is C26H49N9O9. The highest BCUT2D eigenvalue weighted by atomic mass is 16.4. The normalized spacial score (nSPS) is 15.0. The summed E-state index contributed by atoms with van der Waals surface area (Å²) in [5.41, 5.74) is 11.2. The number of carboxylic acid groups (broad SMARTS) is 1. The standard InChI is InChI=1S/C26H49N9O9/c1-5-14(4)20(35-21(39)15(27)7-6-8-30-26(28)29)24(42)33-16(9-13(2)3)22(40)31-10-19(38)32-17(11-36)23(41)34-18(12-37)25(43)44/h13-18,20,36-37H,5-12,27H2,1-4H3,(H,31,40)(H,32,38)(H,33,42)(H,34,41)(H,35,39)(H,43,44)(H4,28,29,30)/t14-,15-,16-,17-,18-,20-/m0/s1. The van der Waals surface area contributed by atoms with Crippen molar-refractivity contribution in [1.82, 2.24) is 31.9 Å². The van der Waals surface area contributed by atoms with Gasteiger partial charge >= 0.3 is 5.97 Å². The molecule has 0 aliphatic rings. The second-order valence-corrected chi connectivity index (χ2v) is 10.8. The lowest BCUT2D eigenvalue weighted by molar-refractivity contribution is -0.143. The van der Waals surface area contributed by atoms with Gasteiger partial charge in [-0.2, -0.15) is 0 Å². The number of guanidine groups is 1. The minimum atomic E-state index is -1.65. The Bertz CT molecular complexity index is 996. The predicted molar refractivity (Wildman–Crippen MR) is 159 cm³/mol. The molecule has 0 spiro atoms.